The Labute approximate surface area is 116 Å². The lowest BCUT2D eigenvalue weighted by Gasteiger charge is -2.15. The highest BCUT2D eigenvalue weighted by Crippen LogP contribution is 2.27. The third kappa shape index (κ3) is 3.48. The average molecular weight is 279 g/mol. The Hall–Kier alpha value is -2.01. The molecule has 0 radical (unpaired) electrons. The Kier molecular flexibility index (Phi) is 4.06. The summed E-state index contributed by atoms with van der Waals surface area (Å²) in [4.78, 5) is 11.0. The number of benzene rings is 1. The summed E-state index contributed by atoms with van der Waals surface area (Å²) >= 11 is 6.11. The summed E-state index contributed by atoms with van der Waals surface area (Å²) in [6.45, 7) is 3.46. The van der Waals surface area contributed by atoms with Gasteiger partial charge in [-0.2, -0.15) is 5.10 Å². The first-order chi connectivity index (χ1) is 9.06. The monoisotopic (exact) mass is 278 g/mol. The van der Waals surface area contributed by atoms with Gasteiger partial charge in [-0.1, -0.05) is 11.6 Å². The van der Waals surface area contributed by atoms with E-state index in [0.29, 0.717) is 10.7 Å². The van der Waals surface area contributed by atoms with E-state index in [1.165, 1.54) is 6.92 Å². The van der Waals surface area contributed by atoms with Crippen molar-refractivity contribution in [2.24, 2.45) is 0 Å². The molecule has 0 fully saturated rings. The molecule has 0 spiro atoms. The van der Waals surface area contributed by atoms with Crippen LogP contribution in [0.15, 0.2) is 30.5 Å². The molecule has 2 rings (SSSR count). The van der Waals surface area contributed by atoms with Crippen molar-refractivity contribution in [1.82, 2.24) is 10.2 Å². The first-order valence-corrected chi connectivity index (χ1v) is 6.27. The van der Waals surface area contributed by atoms with Gasteiger partial charge < -0.3 is 10.6 Å². The highest BCUT2D eigenvalue weighted by atomic mass is 35.5. The fourth-order valence-corrected chi connectivity index (χ4v) is 1.96. The maximum Gasteiger partial charge on any atom is 0.221 e. The lowest BCUT2D eigenvalue weighted by Crippen LogP contribution is -2.08. The second-order valence-electron chi connectivity index (χ2n) is 4.25. The topological polar surface area (TPSA) is 69.8 Å². The number of carbonyl (C=O) groups is 1. The summed E-state index contributed by atoms with van der Waals surface area (Å²) in [7, 11) is 0. The molecule has 1 amide bonds. The minimum atomic E-state index is -0.145. The van der Waals surface area contributed by atoms with Crippen LogP contribution >= 0.6 is 11.6 Å². The molecule has 0 bridgehead atoms. The van der Waals surface area contributed by atoms with Crippen molar-refractivity contribution in [2.75, 3.05) is 10.6 Å². The Morgan fingerprint density at radius 2 is 2.21 bits per heavy atom. The van der Waals surface area contributed by atoms with Crippen LogP contribution in [0, 0.1) is 0 Å². The average Bonchev–Trinajstić information content (AvgIpc) is 2.86. The second kappa shape index (κ2) is 5.75. The van der Waals surface area contributed by atoms with E-state index in [0.717, 1.165) is 11.4 Å². The molecule has 100 valence electrons. The van der Waals surface area contributed by atoms with Crippen LogP contribution in [-0.2, 0) is 4.79 Å². The van der Waals surface area contributed by atoms with Gasteiger partial charge in [0.2, 0.25) is 5.91 Å². The highest BCUT2D eigenvalue weighted by Gasteiger charge is 2.08. The van der Waals surface area contributed by atoms with Crippen LogP contribution in [-0.4, -0.2) is 16.1 Å². The predicted molar refractivity (Wildman–Crippen MR) is 76.4 cm³/mol. The SMILES string of the molecule is CC(=O)Nc1ccc(NC(C)c2ccn[nH]2)cc1Cl. The second-order valence-corrected chi connectivity index (χ2v) is 4.66. The number of hydrogen-bond donors (Lipinski definition) is 3. The lowest BCUT2D eigenvalue weighted by atomic mass is 10.2. The number of carbonyl (C=O) groups excluding carboxylic acids is 1. The molecule has 1 atom stereocenters. The molecule has 1 unspecified atom stereocenters. The van der Waals surface area contributed by atoms with Gasteiger partial charge >= 0.3 is 0 Å². The van der Waals surface area contributed by atoms with Crippen LogP contribution in [0.3, 0.4) is 0 Å². The number of H-pyrrole nitrogens is 1. The van der Waals surface area contributed by atoms with E-state index < -0.39 is 0 Å². The van der Waals surface area contributed by atoms with Crippen LogP contribution < -0.4 is 10.6 Å². The Balaban J connectivity index is 2.10. The number of hydrogen-bond acceptors (Lipinski definition) is 3. The van der Waals surface area contributed by atoms with Gasteiger partial charge in [0.05, 0.1) is 22.4 Å². The van der Waals surface area contributed by atoms with Crippen LogP contribution in [0.4, 0.5) is 11.4 Å². The van der Waals surface area contributed by atoms with Gasteiger partial charge in [0.25, 0.3) is 0 Å². The molecule has 6 heteroatoms. The quantitative estimate of drug-likeness (QED) is 0.804. The Morgan fingerprint density at radius 3 is 2.79 bits per heavy atom. The number of rotatable bonds is 4. The van der Waals surface area contributed by atoms with E-state index >= 15 is 0 Å². The van der Waals surface area contributed by atoms with Gasteiger partial charge in [-0.25, -0.2) is 0 Å². The number of amides is 1. The van der Waals surface area contributed by atoms with Crippen molar-refractivity contribution >= 4 is 28.9 Å². The number of aromatic amines is 1. The first kappa shape index (κ1) is 13.4. The van der Waals surface area contributed by atoms with Crippen molar-refractivity contribution in [3.8, 4) is 0 Å². The fourth-order valence-electron chi connectivity index (χ4n) is 1.73. The summed E-state index contributed by atoms with van der Waals surface area (Å²) < 4.78 is 0. The molecule has 0 aliphatic heterocycles. The van der Waals surface area contributed by atoms with Gasteiger partial charge in [0.1, 0.15) is 0 Å². The molecule has 1 heterocycles. The molecule has 2 aromatic rings. The van der Waals surface area contributed by atoms with Crippen molar-refractivity contribution in [2.45, 2.75) is 19.9 Å². The predicted octanol–water partition coefficient (Wildman–Crippen LogP) is 3.19. The van der Waals surface area contributed by atoms with E-state index in [2.05, 4.69) is 20.8 Å². The largest absolute Gasteiger partial charge is 0.377 e. The summed E-state index contributed by atoms with van der Waals surface area (Å²) in [5.74, 6) is -0.145. The van der Waals surface area contributed by atoms with E-state index in [9.17, 15) is 4.79 Å². The summed E-state index contributed by atoms with van der Waals surface area (Å²) in [5.41, 5.74) is 2.47. The van der Waals surface area contributed by atoms with E-state index in [-0.39, 0.29) is 11.9 Å². The molecule has 5 nitrogen and oxygen atoms in total. The Bertz CT molecular complexity index is 568. The number of halogens is 1. The molecule has 0 aliphatic carbocycles. The summed E-state index contributed by atoms with van der Waals surface area (Å²) in [6, 6.07) is 7.41. The normalized spacial score (nSPS) is 11.9. The van der Waals surface area contributed by atoms with E-state index in [1.54, 1.807) is 18.3 Å². The zero-order valence-corrected chi connectivity index (χ0v) is 11.5. The minimum Gasteiger partial charge on any atom is -0.377 e. The minimum absolute atomic E-state index is 0.0881. The molecule has 1 aromatic carbocycles. The molecule has 3 N–H and O–H groups in total. The smallest absolute Gasteiger partial charge is 0.221 e. The van der Waals surface area contributed by atoms with Crippen molar-refractivity contribution < 1.29 is 4.79 Å². The zero-order valence-electron chi connectivity index (χ0n) is 10.7. The summed E-state index contributed by atoms with van der Waals surface area (Å²) in [6.07, 6.45) is 1.71. The maximum absolute atomic E-state index is 11.0. The third-order valence-electron chi connectivity index (χ3n) is 2.65. The molecule has 1 aromatic heterocycles. The van der Waals surface area contributed by atoms with Crippen molar-refractivity contribution in [3.63, 3.8) is 0 Å². The van der Waals surface area contributed by atoms with Gasteiger partial charge in [-0.05, 0) is 31.2 Å². The van der Waals surface area contributed by atoms with Crippen molar-refractivity contribution in [3.05, 3.63) is 41.2 Å². The van der Waals surface area contributed by atoms with Crippen molar-refractivity contribution in [1.29, 1.82) is 0 Å². The summed E-state index contributed by atoms with van der Waals surface area (Å²) in [5, 5.41) is 13.3. The van der Waals surface area contributed by atoms with Gasteiger partial charge in [-0.15, -0.1) is 0 Å². The van der Waals surface area contributed by atoms with Gasteiger partial charge in [0, 0.05) is 18.8 Å². The number of nitrogens with one attached hydrogen (secondary N) is 3. The third-order valence-corrected chi connectivity index (χ3v) is 2.96. The van der Waals surface area contributed by atoms with Gasteiger partial charge in [-0.3, -0.25) is 9.89 Å². The molecular formula is C13H15ClN4O. The van der Waals surface area contributed by atoms with Crippen LogP contribution in [0.25, 0.3) is 0 Å². The molecule has 0 saturated carbocycles. The van der Waals surface area contributed by atoms with Crippen LogP contribution in [0.1, 0.15) is 25.6 Å². The first-order valence-electron chi connectivity index (χ1n) is 5.89. The molecule has 0 aliphatic rings. The highest BCUT2D eigenvalue weighted by molar-refractivity contribution is 6.34. The standard InChI is InChI=1S/C13H15ClN4O/c1-8(12-5-6-15-18-12)16-10-3-4-13(11(14)7-10)17-9(2)19/h3-8,16H,1-2H3,(H,15,18)(H,17,19). The number of anilines is 2. The van der Waals surface area contributed by atoms with Crippen LogP contribution in [0.5, 0.6) is 0 Å². The number of nitrogens with zero attached hydrogens (tertiary/aromatic N) is 1. The van der Waals surface area contributed by atoms with Gasteiger partial charge in [0.15, 0.2) is 0 Å². The molecule has 0 saturated heterocycles. The zero-order chi connectivity index (χ0) is 13.8. The van der Waals surface area contributed by atoms with Crippen LogP contribution in [0.2, 0.25) is 5.02 Å². The molecular weight excluding hydrogens is 264 g/mol. The fraction of sp³-hybridized carbons (Fsp3) is 0.231. The lowest BCUT2D eigenvalue weighted by molar-refractivity contribution is -0.114. The number of aromatic nitrogens is 2. The maximum atomic E-state index is 11.0. The van der Waals surface area contributed by atoms with E-state index in [1.807, 2.05) is 19.1 Å². The molecule has 19 heavy (non-hydrogen) atoms. The Morgan fingerprint density at radius 1 is 1.42 bits per heavy atom. The van der Waals surface area contributed by atoms with E-state index in [4.69, 9.17) is 11.6 Å².